The quantitative estimate of drug-likeness (QED) is 0.653. The number of para-hydroxylation sites is 2. The number of furan rings is 1. The van der Waals surface area contributed by atoms with Crippen LogP contribution in [0.5, 0.6) is 5.75 Å². The van der Waals surface area contributed by atoms with Gasteiger partial charge in [-0.3, -0.25) is 0 Å². The molecule has 1 unspecified atom stereocenters. The fourth-order valence-electron chi connectivity index (χ4n) is 1.86. The lowest BCUT2D eigenvalue weighted by Gasteiger charge is -2.06. The van der Waals surface area contributed by atoms with Crippen LogP contribution in [0.15, 0.2) is 46.9 Å². The van der Waals surface area contributed by atoms with Crippen molar-refractivity contribution in [2.45, 2.75) is 0 Å². The lowest BCUT2D eigenvalue weighted by atomic mass is 10.1. The minimum atomic E-state index is -2.60. The van der Waals surface area contributed by atoms with Gasteiger partial charge in [0, 0.05) is 10.8 Å². The predicted molar refractivity (Wildman–Crippen MR) is 63.3 cm³/mol. The normalized spacial score (nSPS) is 13.0. The highest BCUT2D eigenvalue weighted by atomic mass is 32.2. The van der Waals surface area contributed by atoms with Gasteiger partial charge in [-0.25, -0.2) is 4.21 Å². The van der Waals surface area contributed by atoms with Crippen molar-refractivity contribution in [2.75, 3.05) is 0 Å². The Hall–Kier alpha value is -1.85. The lowest BCUT2D eigenvalue weighted by molar-refractivity contribution is 0.438. The molecule has 0 N–H and O–H groups in total. The van der Waals surface area contributed by atoms with Gasteiger partial charge in [0.25, 0.3) is 0 Å². The van der Waals surface area contributed by atoms with Gasteiger partial charge in [-0.15, -0.1) is 0 Å². The Labute approximate surface area is 99.3 Å². The van der Waals surface area contributed by atoms with Gasteiger partial charge in [-0.05, 0) is 12.1 Å². The van der Waals surface area contributed by atoms with E-state index in [1.54, 1.807) is 12.1 Å². The number of rotatable bonds is 2. The van der Waals surface area contributed by atoms with Gasteiger partial charge in [0.05, 0.1) is 0 Å². The van der Waals surface area contributed by atoms with Crippen molar-refractivity contribution < 1.29 is 17.4 Å². The molecule has 86 valence electrons. The molecule has 0 aliphatic carbocycles. The third-order valence-electron chi connectivity index (χ3n) is 2.53. The molecule has 0 amide bonds. The molecule has 2 aromatic carbocycles. The number of fused-ring (bicyclic) bond motifs is 3. The fraction of sp³-hybridized carbons (Fsp3) is 0. The highest BCUT2D eigenvalue weighted by Crippen LogP contribution is 2.34. The Kier molecular flexibility index (Phi) is 2.35. The summed E-state index contributed by atoms with van der Waals surface area (Å²) in [4.78, 5) is 0. The molecule has 1 atom stereocenters. The second-order valence-electron chi connectivity index (χ2n) is 3.52. The summed E-state index contributed by atoms with van der Waals surface area (Å²) < 4.78 is 31.4. The Morgan fingerprint density at radius 2 is 1.82 bits per heavy atom. The third kappa shape index (κ3) is 1.69. The van der Waals surface area contributed by atoms with Crippen LogP contribution in [-0.4, -0.2) is 8.76 Å². The maximum Gasteiger partial charge on any atom is 0.182 e. The van der Waals surface area contributed by atoms with Gasteiger partial charge in [0.2, 0.25) is 0 Å². The van der Waals surface area contributed by atoms with Crippen LogP contribution in [0, 0.1) is 0 Å². The van der Waals surface area contributed by atoms with Crippen LogP contribution in [0.3, 0.4) is 0 Å². The lowest BCUT2D eigenvalue weighted by Crippen LogP contribution is -1.97. The molecule has 1 heterocycles. The van der Waals surface area contributed by atoms with E-state index >= 15 is 0 Å². The van der Waals surface area contributed by atoms with E-state index in [0.29, 0.717) is 11.2 Å². The Morgan fingerprint density at radius 3 is 2.65 bits per heavy atom. The number of hydrogen-bond acceptors (Lipinski definition) is 4. The van der Waals surface area contributed by atoms with E-state index in [-0.39, 0.29) is 5.75 Å². The van der Waals surface area contributed by atoms with Crippen LogP contribution in [0.25, 0.3) is 21.9 Å². The van der Waals surface area contributed by atoms with Gasteiger partial charge in [-0.1, -0.05) is 30.3 Å². The van der Waals surface area contributed by atoms with Crippen molar-refractivity contribution in [1.29, 1.82) is 0 Å². The molecule has 1 aromatic heterocycles. The Balaban J connectivity index is 2.35. The van der Waals surface area contributed by atoms with Gasteiger partial charge in [0.1, 0.15) is 16.9 Å². The average Bonchev–Trinajstić information content (AvgIpc) is 2.68. The summed E-state index contributed by atoms with van der Waals surface area (Å²) in [6.07, 6.45) is 0. The number of hydrogen-bond donors (Lipinski definition) is 0. The van der Waals surface area contributed by atoms with E-state index in [0.717, 1.165) is 10.8 Å². The van der Waals surface area contributed by atoms with E-state index < -0.39 is 11.4 Å². The summed E-state index contributed by atoms with van der Waals surface area (Å²) in [7, 11) is 0. The summed E-state index contributed by atoms with van der Waals surface area (Å²) in [5, 5.41) is 1.77. The molecule has 0 fully saturated rings. The van der Waals surface area contributed by atoms with Crippen LogP contribution in [-0.2, 0) is 11.4 Å². The molecule has 5 heteroatoms. The average molecular weight is 247 g/mol. The Morgan fingerprint density at radius 1 is 1.06 bits per heavy atom. The maximum absolute atomic E-state index is 10.6. The van der Waals surface area contributed by atoms with Crippen LogP contribution >= 0.6 is 0 Å². The van der Waals surface area contributed by atoms with Crippen LogP contribution in [0.2, 0.25) is 0 Å². The smallest absolute Gasteiger partial charge is 0.182 e. The summed E-state index contributed by atoms with van der Waals surface area (Å²) in [6.45, 7) is 0. The summed E-state index contributed by atoms with van der Waals surface area (Å²) in [5.41, 5.74) is 1.15. The molecule has 3 rings (SSSR count). The van der Waals surface area contributed by atoms with Crippen LogP contribution in [0.4, 0.5) is 0 Å². The summed E-state index contributed by atoms with van der Waals surface area (Å²) in [5.74, 6) is 0.201. The van der Waals surface area contributed by atoms with Crippen LogP contribution in [0.1, 0.15) is 0 Å². The predicted octanol–water partition coefficient (Wildman–Crippen LogP) is 2.76. The molecular formula is C12H7O4S-. The third-order valence-corrected chi connectivity index (χ3v) is 2.84. The highest BCUT2D eigenvalue weighted by Gasteiger charge is 2.10. The molecule has 0 radical (unpaired) electrons. The monoisotopic (exact) mass is 247 g/mol. The summed E-state index contributed by atoms with van der Waals surface area (Å²) >= 11 is -2.60. The van der Waals surface area contributed by atoms with E-state index in [1.165, 1.54) is 0 Å². The van der Waals surface area contributed by atoms with Crippen molar-refractivity contribution in [3.63, 3.8) is 0 Å². The molecule has 0 bridgehead atoms. The van der Waals surface area contributed by atoms with Gasteiger partial charge >= 0.3 is 0 Å². The second-order valence-corrected chi connectivity index (χ2v) is 4.09. The second kappa shape index (κ2) is 3.87. The molecule has 0 saturated carbocycles. The zero-order valence-electron chi connectivity index (χ0n) is 8.58. The number of benzene rings is 2. The summed E-state index contributed by atoms with van der Waals surface area (Å²) in [6, 6.07) is 12.6. The van der Waals surface area contributed by atoms with E-state index in [9.17, 15) is 8.76 Å². The van der Waals surface area contributed by atoms with Gasteiger partial charge in [-0.2, -0.15) is 0 Å². The first kappa shape index (κ1) is 10.3. The molecular weight excluding hydrogens is 240 g/mol. The molecule has 0 aliphatic heterocycles. The minimum Gasteiger partial charge on any atom is -0.740 e. The van der Waals surface area contributed by atoms with Crippen LogP contribution < -0.4 is 4.18 Å². The maximum atomic E-state index is 10.6. The molecule has 4 nitrogen and oxygen atoms in total. The van der Waals surface area contributed by atoms with Crippen molar-refractivity contribution in [3.05, 3.63) is 42.5 Å². The van der Waals surface area contributed by atoms with E-state index in [1.807, 2.05) is 30.3 Å². The largest absolute Gasteiger partial charge is 0.740 e. The zero-order chi connectivity index (χ0) is 11.8. The molecule has 3 aromatic rings. The minimum absolute atomic E-state index is 0.201. The Bertz CT molecular complexity index is 717. The molecule has 0 aliphatic rings. The zero-order valence-corrected chi connectivity index (χ0v) is 9.40. The van der Waals surface area contributed by atoms with Crippen molar-refractivity contribution >= 4 is 33.3 Å². The SMILES string of the molecule is O=S([O-])Oc1cccc2c1oc1ccccc12. The first-order valence-corrected chi connectivity index (χ1v) is 5.93. The van der Waals surface area contributed by atoms with Crippen molar-refractivity contribution in [3.8, 4) is 5.75 Å². The topological polar surface area (TPSA) is 62.5 Å². The van der Waals surface area contributed by atoms with E-state index in [2.05, 4.69) is 4.18 Å². The van der Waals surface area contributed by atoms with E-state index in [4.69, 9.17) is 4.42 Å². The molecule has 17 heavy (non-hydrogen) atoms. The first-order chi connectivity index (χ1) is 8.25. The van der Waals surface area contributed by atoms with Gasteiger partial charge < -0.3 is 13.2 Å². The highest BCUT2D eigenvalue weighted by molar-refractivity contribution is 7.74. The van der Waals surface area contributed by atoms with Crippen molar-refractivity contribution in [2.24, 2.45) is 0 Å². The molecule has 0 spiro atoms. The standard InChI is InChI=1S/C12H8O4S/c13-17(14)16-11-7-3-5-9-8-4-1-2-6-10(8)15-12(9)11/h1-7H,(H,13,14)/p-1. The van der Waals surface area contributed by atoms with Crippen molar-refractivity contribution in [1.82, 2.24) is 0 Å². The van der Waals surface area contributed by atoms with Gasteiger partial charge in [0.15, 0.2) is 11.3 Å². The molecule has 0 saturated heterocycles. The fourth-order valence-corrected chi connectivity index (χ4v) is 2.14. The first-order valence-electron chi connectivity index (χ1n) is 4.93.